The van der Waals surface area contributed by atoms with Crippen LogP contribution in [0.3, 0.4) is 0 Å². The van der Waals surface area contributed by atoms with Gasteiger partial charge in [-0.05, 0) is 36.6 Å². The number of carbonyl (C=O) groups excluding carboxylic acids is 4. The molecule has 0 aliphatic heterocycles. The Hall–Kier alpha value is -2.90. The van der Waals surface area contributed by atoms with Gasteiger partial charge in [-0.2, -0.15) is 0 Å². The number of nitrogens with one attached hydrogen (secondary N) is 2. The highest BCUT2D eigenvalue weighted by Crippen LogP contribution is 2.15. The van der Waals surface area contributed by atoms with Crippen LogP contribution in [0.25, 0.3) is 0 Å². The van der Waals surface area contributed by atoms with Crippen molar-refractivity contribution in [3.05, 3.63) is 29.8 Å². The number of amides is 3. The molecule has 0 fully saturated rings. The molecule has 0 atom stereocenters. The van der Waals surface area contributed by atoms with Gasteiger partial charge in [-0.3, -0.25) is 19.7 Å². The summed E-state index contributed by atoms with van der Waals surface area (Å²) in [6, 6.07) is 6.13. The number of imide groups is 1. The average Bonchev–Trinajstić information content (AvgIpc) is 2.72. The number of ketones is 1. The third-order valence-corrected chi connectivity index (χ3v) is 4.04. The van der Waals surface area contributed by atoms with Crippen molar-refractivity contribution in [3.63, 3.8) is 0 Å². The Balaban J connectivity index is 2.28. The van der Waals surface area contributed by atoms with Crippen LogP contribution < -0.4 is 15.4 Å². The van der Waals surface area contributed by atoms with E-state index in [0.29, 0.717) is 24.5 Å². The van der Waals surface area contributed by atoms with E-state index >= 15 is 0 Å². The number of hydrogen-bond donors (Lipinski definition) is 2. The summed E-state index contributed by atoms with van der Waals surface area (Å²) in [5.41, 5.74) is 0.475. The average molecular weight is 421 g/mol. The topological polar surface area (TPSA) is 111 Å². The van der Waals surface area contributed by atoms with Crippen molar-refractivity contribution in [2.75, 3.05) is 19.8 Å². The minimum atomic E-state index is -0.731. The minimum Gasteiger partial charge on any atom is -0.494 e. The molecule has 0 aliphatic rings. The van der Waals surface area contributed by atoms with E-state index in [4.69, 9.17) is 9.47 Å². The summed E-state index contributed by atoms with van der Waals surface area (Å²) < 4.78 is 10.4. The minimum absolute atomic E-state index is 0.0357. The van der Waals surface area contributed by atoms with Gasteiger partial charge in [-0.15, -0.1) is 0 Å². The summed E-state index contributed by atoms with van der Waals surface area (Å²) in [5.74, 6) is -0.675. The molecule has 0 heterocycles. The number of unbranched alkanes of at least 4 members (excludes halogenated alkanes) is 2. The lowest BCUT2D eigenvalue weighted by molar-refractivity contribution is -0.148. The zero-order valence-electron chi connectivity index (χ0n) is 18.0. The van der Waals surface area contributed by atoms with Crippen LogP contribution in [0.4, 0.5) is 4.79 Å². The molecule has 0 unspecified atom stereocenters. The van der Waals surface area contributed by atoms with Gasteiger partial charge in [0.15, 0.2) is 12.4 Å². The SMILES string of the molecule is CCCCCOc1ccc(C(=O)CCC(=O)OCC(=O)NC(=O)NCC(C)C)cc1. The second-order valence-corrected chi connectivity index (χ2v) is 7.32. The Labute approximate surface area is 177 Å². The third kappa shape index (κ3) is 11.2. The van der Waals surface area contributed by atoms with E-state index in [1.54, 1.807) is 24.3 Å². The maximum atomic E-state index is 12.2. The molecule has 8 nitrogen and oxygen atoms in total. The number of Topliss-reactive ketones (excluding diaryl/α,β-unsaturated/α-hetero) is 1. The summed E-state index contributed by atoms with van der Waals surface area (Å²) in [4.78, 5) is 47.0. The first-order valence-electron chi connectivity index (χ1n) is 10.3. The predicted molar refractivity (Wildman–Crippen MR) is 112 cm³/mol. The van der Waals surface area contributed by atoms with Crippen molar-refractivity contribution in [3.8, 4) is 5.75 Å². The molecule has 0 aromatic heterocycles. The van der Waals surface area contributed by atoms with Crippen LogP contribution >= 0.6 is 0 Å². The maximum Gasteiger partial charge on any atom is 0.321 e. The Morgan fingerprint density at radius 2 is 1.70 bits per heavy atom. The molecule has 3 amide bonds. The van der Waals surface area contributed by atoms with Crippen LogP contribution in [0, 0.1) is 5.92 Å². The zero-order chi connectivity index (χ0) is 22.4. The number of hydrogen-bond acceptors (Lipinski definition) is 6. The van der Waals surface area contributed by atoms with Gasteiger partial charge in [0.05, 0.1) is 13.0 Å². The van der Waals surface area contributed by atoms with Crippen LogP contribution in [-0.2, 0) is 14.3 Å². The van der Waals surface area contributed by atoms with Gasteiger partial charge in [0.2, 0.25) is 0 Å². The van der Waals surface area contributed by atoms with Crippen molar-refractivity contribution >= 4 is 23.7 Å². The first-order valence-corrected chi connectivity index (χ1v) is 10.3. The Bertz CT molecular complexity index is 700. The van der Waals surface area contributed by atoms with Gasteiger partial charge in [0, 0.05) is 18.5 Å². The van der Waals surface area contributed by atoms with Crippen molar-refractivity contribution in [2.45, 2.75) is 52.9 Å². The van der Waals surface area contributed by atoms with Gasteiger partial charge < -0.3 is 14.8 Å². The van der Waals surface area contributed by atoms with E-state index in [2.05, 4.69) is 17.6 Å². The largest absolute Gasteiger partial charge is 0.494 e. The van der Waals surface area contributed by atoms with Crippen molar-refractivity contribution in [1.29, 1.82) is 0 Å². The summed E-state index contributed by atoms with van der Waals surface area (Å²) in [6.45, 7) is 6.45. The van der Waals surface area contributed by atoms with E-state index in [9.17, 15) is 19.2 Å². The fourth-order valence-corrected chi connectivity index (χ4v) is 2.36. The highest BCUT2D eigenvalue weighted by Gasteiger charge is 2.13. The number of rotatable bonds is 13. The van der Waals surface area contributed by atoms with Crippen molar-refractivity contribution < 1.29 is 28.7 Å². The first kappa shape index (κ1) is 25.1. The normalized spacial score (nSPS) is 10.4. The molecular weight excluding hydrogens is 388 g/mol. The Morgan fingerprint density at radius 1 is 1.00 bits per heavy atom. The highest BCUT2D eigenvalue weighted by molar-refractivity contribution is 5.98. The van der Waals surface area contributed by atoms with Crippen LogP contribution in [0.15, 0.2) is 24.3 Å². The quantitative estimate of drug-likeness (QED) is 0.288. The number of urea groups is 1. The van der Waals surface area contributed by atoms with E-state index < -0.39 is 24.5 Å². The monoisotopic (exact) mass is 420 g/mol. The third-order valence-electron chi connectivity index (χ3n) is 4.04. The molecule has 1 aromatic rings. The highest BCUT2D eigenvalue weighted by atomic mass is 16.5. The molecule has 1 aromatic carbocycles. The van der Waals surface area contributed by atoms with E-state index in [1.807, 2.05) is 13.8 Å². The predicted octanol–water partition coefficient (Wildman–Crippen LogP) is 3.24. The number of carbonyl (C=O) groups is 4. The van der Waals surface area contributed by atoms with Crippen LogP contribution in [-0.4, -0.2) is 43.4 Å². The molecule has 0 saturated heterocycles. The number of benzene rings is 1. The molecule has 0 saturated carbocycles. The lowest BCUT2D eigenvalue weighted by atomic mass is 10.1. The molecule has 0 spiro atoms. The molecular formula is C22H32N2O6. The lowest BCUT2D eigenvalue weighted by Crippen LogP contribution is -2.42. The first-order chi connectivity index (χ1) is 14.3. The zero-order valence-corrected chi connectivity index (χ0v) is 18.0. The van der Waals surface area contributed by atoms with Crippen molar-refractivity contribution in [2.24, 2.45) is 5.92 Å². The van der Waals surface area contributed by atoms with E-state index in [0.717, 1.165) is 19.3 Å². The fourth-order valence-electron chi connectivity index (χ4n) is 2.36. The molecule has 1 rings (SSSR count). The molecule has 0 bridgehead atoms. The van der Waals surface area contributed by atoms with Gasteiger partial charge in [-0.1, -0.05) is 33.6 Å². The van der Waals surface area contributed by atoms with Gasteiger partial charge >= 0.3 is 12.0 Å². The summed E-state index contributed by atoms with van der Waals surface area (Å²) in [7, 11) is 0. The summed E-state index contributed by atoms with van der Waals surface area (Å²) >= 11 is 0. The Morgan fingerprint density at radius 3 is 2.33 bits per heavy atom. The molecule has 8 heteroatoms. The van der Waals surface area contributed by atoms with E-state index in [-0.39, 0.29) is 24.5 Å². The Kier molecular flexibility index (Phi) is 11.8. The van der Waals surface area contributed by atoms with Crippen LogP contribution in [0.2, 0.25) is 0 Å². The molecule has 0 aliphatic carbocycles. The van der Waals surface area contributed by atoms with Crippen molar-refractivity contribution in [1.82, 2.24) is 10.6 Å². The molecule has 0 radical (unpaired) electrons. The second kappa shape index (κ2) is 14.1. The lowest BCUT2D eigenvalue weighted by Gasteiger charge is -2.09. The number of esters is 1. The van der Waals surface area contributed by atoms with Gasteiger partial charge in [-0.25, -0.2) is 4.79 Å². The summed E-state index contributed by atoms with van der Waals surface area (Å²) in [5, 5.41) is 4.58. The maximum absolute atomic E-state index is 12.2. The van der Waals surface area contributed by atoms with Gasteiger partial charge in [0.1, 0.15) is 5.75 Å². The van der Waals surface area contributed by atoms with Gasteiger partial charge in [0.25, 0.3) is 5.91 Å². The number of ether oxygens (including phenoxy) is 2. The fraction of sp³-hybridized carbons (Fsp3) is 0.545. The second-order valence-electron chi connectivity index (χ2n) is 7.32. The smallest absolute Gasteiger partial charge is 0.321 e. The van der Waals surface area contributed by atoms with E-state index in [1.165, 1.54) is 0 Å². The van der Waals surface area contributed by atoms with Crippen LogP contribution in [0.5, 0.6) is 5.75 Å². The molecule has 2 N–H and O–H groups in total. The van der Waals surface area contributed by atoms with Crippen LogP contribution in [0.1, 0.15) is 63.2 Å². The molecule has 166 valence electrons. The standard InChI is InChI=1S/C22H32N2O6/c1-4-5-6-13-29-18-9-7-17(8-10-18)19(25)11-12-21(27)30-15-20(26)24-22(28)23-14-16(2)3/h7-10,16H,4-6,11-15H2,1-3H3,(H2,23,24,26,28). The summed E-state index contributed by atoms with van der Waals surface area (Å²) in [6.07, 6.45) is 3.03. The molecule has 30 heavy (non-hydrogen) atoms.